The molecule has 0 saturated carbocycles. The van der Waals surface area contributed by atoms with Gasteiger partial charge in [0, 0.05) is 25.8 Å². The van der Waals surface area contributed by atoms with Crippen molar-refractivity contribution in [3.05, 3.63) is 41.8 Å². The van der Waals surface area contributed by atoms with E-state index in [1.165, 1.54) is 16.1 Å². The van der Waals surface area contributed by atoms with E-state index in [1.807, 2.05) is 0 Å². The van der Waals surface area contributed by atoms with Crippen molar-refractivity contribution in [3.63, 3.8) is 0 Å². The van der Waals surface area contributed by atoms with Gasteiger partial charge in [-0.15, -0.1) is 0 Å². The highest BCUT2D eigenvalue weighted by molar-refractivity contribution is 6.27. The van der Waals surface area contributed by atoms with E-state index in [-0.39, 0.29) is 43.2 Å². The van der Waals surface area contributed by atoms with Gasteiger partial charge in [-0.2, -0.15) is 4.98 Å². The van der Waals surface area contributed by atoms with Crippen LogP contribution in [0.3, 0.4) is 0 Å². The van der Waals surface area contributed by atoms with Crippen LogP contribution in [0.5, 0.6) is 5.75 Å². The van der Waals surface area contributed by atoms with Crippen molar-refractivity contribution in [2.75, 3.05) is 26.2 Å². The Morgan fingerprint density at radius 2 is 2.28 bits per heavy atom. The summed E-state index contributed by atoms with van der Waals surface area (Å²) in [7, 11) is 0. The summed E-state index contributed by atoms with van der Waals surface area (Å²) in [6.45, 7) is 0.673. The Morgan fingerprint density at radius 3 is 2.92 bits per heavy atom. The number of hydrogen-bond acceptors (Lipinski definition) is 6. The highest BCUT2D eigenvalue weighted by Gasteiger charge is 2.34. The van der Waals surface area contributed by atoms with Crippen LogP contribution >= 0.6 is 11.6 Å². The monoisotopic (exact) mass is 366 g/mol. The summed E-state index contributed by atoms with van der Waals surface area (Å²) in [5, 5.41) is 9.08. The second-order valence-electron chi connectivity index (χ2n) is 5.37. The second kappa shape index (κ2) is 7.39. The molecule has 1 fully saturated rings. The van der Waals surface area contributed by atoms with Gasteiger partial charge in [0.15, 0.2) is 5.69 Å². The summed E-state index contributed by atoms with van der Waals surface area (Å²) in [6, 6.07) is 2.97. The van der Waals surface area contributed by atoms with Crippen molar-refractivity contribution in [2.24, 2.45) is 0 Å². The molecule has 2 aromatic rings. The lowest BCUT2D eigenvalue weighted by Gasteiger charge is -2.39. The summed E-state index contributed by atoms with van der Waals surface area (Å²) >= 11 is 5.62. The molecule has 1 unspecified atom stereocenters. The molecule has 0 bridgehead atoms. The van der Waals surface area contributed by atoms with E-state index in [9.17, 15) is 14.7 Å². The highest BCUT2D eigenvalue weighted by atomic mass is 35.5. The summed E-state index contributed by atoms with van der Waals surface area (Å²) in [5.74, 6) is 0.146. The molecule has 0 radical (unpaired) electrons. The van der Waals surface area contributed by atoms with E-state index in [0.717, 1.165) is 0 Å². The fraction of sp³-hybridized carbons (Fsp3) is 0.333. The predicted octanol–water partition coefficient (Wildman–Crippen LogP) is 1.61. The lowest BCUT2D eigenvalue weighted by Crippen LogP contribution is -2.58. The quantitative estimate of drug-likeness (QED) is 0.875. The summed E-state index contributed by atoms with van der Waals surface area (Å²) in [4.78, 5) is 34.4. The SMILES string of the molecule is O=C(O)N1CCN(C(=O)c2coc(Cl)n2)C(COc2cccnc2)C1. The third-order valence-corrected chi connectivity index (χ3v) is 3.96. The Labute approximate surface area is 147 Å². The van der Waals surface area contributed by atoms with Crippen molar-refractivity contribution in [3.8, 4) is 5.75 Å². The van der Waals surface area contributed by atoms with E-state index < -0.39 is 12.1 Å². The molecule has 132 valence electrons. The molecule has 1 atom stereocenters. The minimum atomic E-state index is -1.04. The molecule has 3 heterocycles. The van der Waals surface area contributed by atoms with Gasteiger partial charge in [-0.05, 0) is 23.7 Å². The first kappa shape index (κ1) is 17.0. The number of carboxylic acid groups (broad SMARTS) is 1. The first-order chi connectivity index (χ1) is 12.0. The molecule has 0 spiro atoms. The van der Waals surface area contributed by atoms with Gasteiger partial charge in [-0.1, -0.05) is 0 Å². The summed E-state index contributed by atoms with van der Waals surface area (Å²) in [6.07, 6.45) is 3.29. The van der Waals surface area contributed by atoms with Crippen LogP contribution in [0.2, 0.25) is 5.35 Å². The fourth-order valence-corrected chi connectivity index (χ4v) is 2.70. The Balaban J connectivity index is 1.74. The Morgan fingerprint density at radius 1 is 1.44 bits per heavy atom. The molecule has 0 aliphatic carbocycles. The summed E-state index contributed by atoms with van der Waals surface area (Å²) in [5.41, 5.74) is 0.0696. The van der Waals surface area contributed by atoms with E-state index in [4.69, 9.17) is 20.8 Å². The van der Waals surface area contributed by atoms with Crippen LogP contribution in [0.25, 0.3) is 0 Å². The molecule has 10 heteroatoms. The Bertz CT molecular complexity index is 753. The minimum Gasteiger partial charge on any atom is -0.490 e. The zero-order valence-electron chi connectivity index (χ0n) is 13.0. The first-order valence-electron chi connectivity index (χ1n) is 7.47. The van der Waals surface area contributed by atoms with Crippen LogP contribution in [0.15, 0.2) is 35.2 Å². The van der Waals surface area contributed by atoms with Gasteiger partial charge >= 0.3 is 6.09 Å². The standard InChI is InChI=1S/C15H15ClN4O5/c16-14-18-12(9-25-14)13(21)20-5-4-19(15(22)23)7-10(20)8-24-11-2-1-3-17-6-11/h1-3,6,9-10H,4-5,7-8H2,(H,22,23). The van der Waals surface area contributed by atoms with Crippen LogP contribution in [0.4, 0.5) is 4.79 Å². The normalized spacial score (nSPS) is 17.4. The van der Waals surface area contributed by atoms with Gasteiger partial charge < -0.3 is 24.1 Å². The number of oxazole rings is 1. The molecule has 1 saturated heterocycles. The molecule has 9 nitrogen and oxygen atoms in total. The molecule has 2 amide bonds. The van der Waals surface area contributed by atoms with Crippen molar-refractivity contribution < 1.29 is 23.8 Å². The highest BCUT2D eigenvalue weighted by Crippen LogP contribution is 2.17. The number of ether oxygens (including phenoxy) is 1. The molecule has 1 aliphatic heterocycles. The lowest BCUT2D eigenvalue weighted by atomic mass is 10.1. The van der Waals surface area contributed by atoms with E-state index >= 15 is 0 Å². The number of nitrogens with zero attached hydrogens (tertiary/aromatic N) is 4. The zero-order chi connectivity index (χ0) is 17.8. The van der Waals surface area contributed by atoms with Gasteiger partial charge in [0.25, 0.3) is 11.3 Å². The lowest BCUT2D eigenvalue weighted by molar-refractivity contribution is 0.0335. The van der Waals surface area contributed by atoms with Crippen LogP contribution in [0.1, 0.15) is 10.5 Å². The molecule has 1 aliphatic rings. The third kappa shape index (κ3) is 4.00. The predicted molar refractivity (Wildman–Crippen MR) is 85.7 cm³/mol. The number of halogens is 1. The number of aromatic nitrogens is 2. The average Bonchev–Trinajstić information content (AvgIpc) is 3.06. The molecule has 2 aromatic heterocycles. The molecule has 0 aromatic carbocycles. The fourth-order valence-electron chi connectivity index (χ4n) is 2.56. The second-order valence-corrected chi connectivity index (χ2v) is 5.69. The van der Waals surface area contributed by atoms with Crippen LogP contribution in [0, 0.1) is 0 Å². The first-order valence-corrected chi connectivity index (χ1v) is 7.85. The zero-order valence-corrected chi connectivity index (χ0v) is 13.8. The molecular weight excluding hydrogens is 352 g/mol. The van der Waals surface area contributed by atoms with Gasteiger partial charge in [-0.3, -0.25) is 9.78 Å². The maximum Gasteiger partial charge on any atom is 0.407 e. The third-order valence-electron chi connectivity index (χ3n) is 3.79. The van der Waals surface area contributed by atoms with Crippen LogP contribution < -0.4 is 4.74 Å². The van der Waals surface area contributed by atoms with Crippen LogP contribution in [-0.2, 0) is 0 Å². The topological polar surface area (TPSA) is 109 Å². The van der Waals surface area contributed by atoms with Gasteiger partial charge in [0.1, 0.15) is 18.6 Å². The maximum atomic E-state index is 12.6. The molecular formula is C15H15ClN4O5. The van der Waals surface area contributed by atoms with E-state index in [1.54, 1.807) is 24.5 Å². The van der Waals surface area contributed by atoms with Crippen molar-refractivity contribution in [1.29, 1.82) is 0 Å². The number of pyridine rings is 1. The number of rotatable bonds is 4. The van der Waals surface area contributed by atoms with Crippen molar-refractivity contribution in [1.82, 2.24) is 19.8 Å². The molecule has 1 N–H and O–H groups in total. The van der Waals surface area contributed by atoms with Gasteiger partial charge in [0.05, 0.1) is 12.2 Å². The number of amides is 2. The number of hydrogen-bond donors (Lipinski definition) is 1. The van der Waals surface area contributed by atoms with E-state index in [0.29, 0.717) is 5.75 Å². The minimum absolute atomic E-state index is 0.0696. The summed E-state index contributed by atoms with van der Waals surface area (Å²) < 4.78 is 10.5. The van der Waals surface area contributed by atoms with Gasteiger partial charge in [-0.25, -0.2) is 4.79 Å². The van der Waals surface area contributed by atoms with Gasteiger partial charge in [0.2, 0.25) is 0 Å². The maximum absolute atomic E-state index is 12.6. The Kier molecular flexibility index (Phi) is 5.03. The average molecular weight is 367 g/mol. The number of piperazine rings is 1. The van der Waals surface area contributed by atoms with E-state index in [2.05, 4.69) is 9.97 Å². The van der Waals surface area contributed by atoms with Crippen LogP contribution in [-0.4, -0.2) is 69.2 Å². The molecule has 3 rings (SSSR count). The smallest absolute Gasteiger partial charge is 0.407 e. The number of carbonyl (C=O) groups excluding carboxylic acids is 1. The Hall–Kier alpha value is -2.81. The number of carbonyl (C=O) groups is 2. The van der Waals surface area contributed by atoms with Crippen molar-refractivity contribution >= 4 is 23.6 Å². The largest absolute Gasteiger partial charge is 0.490 e. The van der Waals surface area contributed by atoms with Crippen molar-refractivity contribution in [2.45, 2.75) is 6.04 Å². The molecule has 25 heavy (non-hydrogen) atoms.